The van der Waals surface area contributed by atoms with Gasteiger partial charge in [0.1, 0.15) is 11.0 Å². The van der Waals surface area contributed by atoms with Crippen LogP contribution in [0, 0.1) is 13.8 Å². The lowest BCUT2D eigenvalue weighted by molar-refractivity contribution is -0.520. The van der Waals surface area contributed by atoms with Crippen LogP contribution in [0.25, 0.3) is 27.8 Å². The van der Waals surface area contributed by atoms with Crippen LogP contribution in [0.15, 0.2) is 55.1 Å². The van der Waals surface area contributed by atoms with Crippen molar-refractivity contribution >= 4 is 39.1 Å². The summed E-state index contributed by atoms with van der Waals surface area (Å²) in [5.74, 6) is 0. The van der Waals surface area contributed by atoms with Gasteiger partial charge in [-0.2, -0.15) is 0 Å². The van der Waals surface area contributed by atoms with Crippen LogP contribution in [0.4, 0.5) is 11.4 Å². The van der Waals surface area contributed by atoms with Crippen LogP contribution in [0.5, 0.6) is 0 Å². The van der Waals surface area contributed by atoms with Gasteiger partial charge in [0.05, 0.1) is 0 Å². The highest BCUT2D eigenvalue weighted by molar-refractivity contribution is 5.88. The van der Waals surface area contributed by atoms with Crippen molar-refractivity contribution < 1.29 is 4.57 Å². The Morgan fingerprint density at radius 3 is 1.96 bits per heavy atom. The highest BCUT2D eigenvalue weighted by Crippen LogP contribution is 2.25. The maximum absolute atomic E-state index is 6.18. The zero-order chi connectivity index (χ0) is 18.1. The van der Waals surface area contributed by atoms with Crippen LogP contribution >= 0.6 is 0 Å². The van der Waals surface area contributed by atoms with Crippen LogP contribution in [0.3, 0.4) is 0 Å². The molecule has 0 radical (unpaired) electrons. The predicted octanol–water partition coefficient (Wildman–Crippen LogP) is 4.06. The van der Waals surface area contributed by atoms with Crippen LogP contribution in [-0.4, -0.2) is 4.98 Å². The van der Waals surface area contributed by atoms with Gasteiger partial charge in [0.25, 0.3) is 0 Å². The summed E-state index contributed by atoms with van der Waals surface area (Å²) in [6, 6.07) is 7.97. The Bertz CT molecular complexity index is 993. The number of anilines is 2. The molecule has 3 aromatic rings. The standard InChI is InChI=1S/C21H22N4/c1-5-7-15(8-6-2)25-20-11-16(22)13(3)9-18(20)24-19-10-14(4)17(23)12-21(19)25/h5-12H,1H2,2-4H3,(H3,22,23)/p+1/b8-6-,15-7+. The lowest BCUT2D eigenvalue weighted by atomic mass is 10.1. The molecule has 126 valence electrons. The third-order valence-electron chi connectivity index (χ3n) is 4.33. The topological polar surface area (TPSA) is 68.8 Å². The monoisotopic (exact) mass is 331 g/mol. The van der Waals surface area contributed by atoms with Gasteiger partial charge in [-0.1, -0.05) is 18.7 Å². The van der Waals surface area contributed by atoms with Crippen LogP contribution < -0.4 is 16.0 Å². The van der Waals surface area contributed by atoms with Gasteiger partial charge in [0, 0.05) is 35.7 Å². The fourth-order valence-electron chi connectivity index (χ4n) is 2.97. The van der Waals surface area contributed by atoms with Crippen molar-refractivity contribution in [2.75, 3.05) is 11.5 Å². The number of fused-ring (bicyclic) bond motifs is 2. The molecule has 1 aromatic heterocycles. The van der Waals surface area contributed by atoms with E-state index in [1.807, 2.05) is 63.3 Å². The number of allylic oxidation sites excluding steroid dienone is 5. The quantitative estimate of drug-likeness (QED) is 0.329. The van der Waals surface area contributed by atoms with E-state index >= 15 is 0 Å². The minimum absolute atomic E-state index is 0.737. The smallest absolute Gasteiger partial charge is 0.239 e. The highest BCUT2D eigenvalue weighted by Gasteiger charge is 2.21. The van der Waals surface area contributed by atoms with Gasteiger partial charge in [-0.15, -0.1) is 4.57 Å². The van der Waals surface area contributed by atoms with Crippen molar-refractivity contribution in [3.8, 4) is 0 Å². The molecule has 0 amide bonds. The van der Waals surface area contributed by atoms with Gasteiger partial charge in [-0.05, 0) is 44.0 Å². The number of nitrogens with zero attached hydrogens (tertiary/aromatic N) is 2. The largest absolute Gasteiger partial charge is 0.398 e. The van der Waals surface area contributed by atoms with Gasteiger partial charge < -0.3 is 11.5 Å². The number of nitrogens with two attached hydrogens (primary N) is 2. The number of aryl methyl sites for hydroxylation is 2. The number of hydrogen-bond donors (Lipinski definition) is 2. The Labute approximate surface area is 147 Å². The molecule has 3 rings (SSSR count). The molecule has 25 heavy (non-hydrogen) atoms. The van der Waals surface area contributed by atoms with E-state index in [9.17, 15) is 0 Å². The van der Waals surface area contributed by atoms with Crippen LogP contribution in [0.2, 0.25) is 0 Å². The van der Waals surface area contributed by atoms with Gasteiger partial charge in [-0.25, -0.2) is 4.98 Å². The van der Waals surface area contributed by atoms with Crippen molar-refractivity contribution in [2.45, 2.75) is 20.8 Å². The average Bonchev–Trinajstić information content (AvgIpc) is 2.56. The number of nitrogen functional groups attached to an aromatic ring is 2. The molecule has 0 atom stereocenters. The first-order chi connectivity index (χ1) is 12.0. The van der Waals surface area contributed by atoms with Gasteiger partial charge in [0.15, 0.2) is 0 Å². The van der Waals surface area contributed by atoms with E-state index in [0.29, 0.717) is 0 Å². The van der Waals surface area contributed by atoms with Gasteiger partial charge >= 0.3 is 0 Å². The predicted molar refractivity (Wildman–Crippen MR) is 107 cm³/mol. The molecule has 4 N–H and O–H groups in total. The van der Waals surface area contributed by atoms with E-state index in [2.05, 4.69) is 11.1 Å². The maximum Gasteiger partial charge on any atom is 0.239 e. The lowest BCUT2D eigenvalue weighted by Gasteiger charge is -2.09. The van der Waals surface area contributed by atoms with E-state index in [0.717, 1.165) is 50.3 Å². The van der Waals surface area contributed by atoms with Crippen molar-refractivity contribution in [1.82, 2.24) is 4.98 Å². The molecule has 0 saturated heterocycles. The molecule has 0 aliphatic heterocycles. The second-order valence-corrected chi connectivity index (χ2v) is 6.17. The SMILES string of the molecule is C=C/C=C(\C=C/C)[n+]1c2cc(N)c(C)cc2nc2cc(C)c(N)cc21. The minimum Gasteiger partial charge on any atom is -0.398 e. The first-order valence-electron chi connectivity index (χ1n) is 8.23. The molecular weight excluding hydrogens is 308 g/mol. The maximum atomic E-state index is 6.18. The van der Waals surface area contributed by atoms with Crippen molar-refractivity contribution in [3.05, 3.63) is 66.3 Å². The molecular formula is C21H23N4+. The third kappa shape index (κ3) is 2.87. The second-order valence-electron chi connectivity index (χ2n) is 6.17. The summed E-state index contributed by atoms with van der Waals surface area (Å²) in [7, 11) is 0. The molecule has 0 fully saturated rings. The van der Waals surface area contributed by atoms with E-state index in [4.69, 9.17) is 16.5 Å². The molecule has 0 saturated carbocycles. The molecule has 0 aliphatic carbocycles. The number of rotatable bonds is 3. The number of benzene rings is 2. The molecule has 0 bridgehead atoms. The van der Waals surface area contributed by atoms with Crippen LogP contribution in [0.1, 0.15) is 18.1 Å². The van der Waals surface area contributed by atoms with Crippen molar-refractivity contribution in [1.29, 1.82) is 0 Å². The summed E-state index contributed by atoms with van der Waals surface area (Å²) in [5.41, 5.74) is 20.5. The van der Waals surface area contributed by atoms with E-state index < -0.39 is 0 Å². The summed E-state index contributed by atoms with van der Waals surface area (Å²) in [6.07, 6.45) is 7.77. The minimum atomic E-state index is 0.737. The first-order valence-corrected chi connectivity index (χ1v) is 8.23. The summed E-state index contributed by atoms with van der Waals surface area (Å²) in [5, 5.41) is 0. The second kappa shape index (κ2) is 6.40. The lowest BCUT2D eigenvalue weighted by Crippen LogP contribution is -2.34. The van der Waals surface area contributed by atoms with Crippen molar-refractivity contribution in [2.24, 2.45) is 0 Å². The Morgan fingerprint density at radius 1 is 1.00 bits per heavy atom. The van der Waals surface area contributed by atoms with Gasteiger partial charge in [0.2, 0.25) is 16.7 Å². The van der Waals surface area contributed by atoms with E-state index in [-0.39, 0.29) is 0 Å². The van der Waals surface area contributed by atoms with Crippen LogP contribution in [-0.2, 0) is 0 Å². The average molecular weight is 331 g/mol. The third-order valence-corrected chi connectivity index (χ3v) is 4.33. The molecule has 0 spiro atoms. The highest BCUT2D eigenvalue weighted by atomic mass is 15.0. The Morgan fingerprint density at radius 2 is 1.52 bits per heavy atom. The number of hydrogen-bond acceptors (Lipinski definition) is 3. The molecule has 4 nitrogen and oxygen atoms in total. The summed E-state index contributed by atoms with van der Waals surface area (Å²) in [6.45, 7) is 9.81. The Kier molecular flexibility index (Phi) is 4.28. The summed E-state index contributed by atoms with van der Waals surface area (Å²) in [4.78, 5) is 4.84. The zero-order valence-electron chi connectivity index (χ0n) is 14.9. The molecule has 0 aliphatic rings. The molecule has 0 unspecified atom stereocenters. The Hall–Kier alpha value is -3.14. The van der Waals surface area contributed by atoms with E-state index in [1.165, 1.54) is 0 Å². The Balaban J connectivity index is 2.58. The zero-order valence-corrected chi connectivity index (χ0v) is 14.9. The van der Waals surface area contributed by atoms with E-state index in [1.54, 1.807) is 6.08 Å². The fourth-order valence-corrected chi connectivity index (χ4v) is 2.97. The fraction of sp³-hybridized carbons (Fsp3) is 0.143. The molecule has 4 heteroatoms. The number of aromatic nitrogens is 2. The summed E-state index contributed by atoms with van der Waals surface area (Å²) >= 11 is 0. The first kappa shape index (κ1) is 16.7. The van der Waals surface area contributed by atoms with Gasteiger partial charge in [-0.3, -0.25) is 0 Å². The molecule has 2 aromatic carbocycles. The van der Waals surface area contributed by atoms with Crippen molar-refractivity contribution in [3.63, 3.8) is 0 Å². The summed E-state index contributed by atoms with van der Waals surface area (Å²) < 4.78 is 2.13. The molecule has 1 heterocycles. The normalized spacial score (nSPS) is 12.4.